The molecule has 0 spiro atoms. The highest BCUT2D eigenvalue weighted by Crippen LogP contribution is 2.37. The fourth-order valence-electron chi connectivity index (χ4n) is 3.90. The molecule has 0 saturated heterocycles. The average Bonchev–Trinajstić information content (AvgIpc) is 3.24. The first-order valence-corrected chi connectivity index (χ1v) is 11.1. The largest absolute Gasteiger partial charge is 0.357 e. The number of rotatable bonds is 5. The quantitative estimate of drug-likeness (QED) is 0.630. The van der Waals surface area contributed by atoms with Crippen molar-refractivity contribution < 1.29 is 9.18 Å². The van der Waals surface area contributed by atoms with Crippen molar-refractivity contribution in [3.8, 4) is 0 Å². The third-order valence-electron chi connectivity index (χ3n) is 5.67. The minimum atomic E-state index is -0.480. The molecule has 174 valence electrons. The van der Waals surface area contributed by atoms with E-state index in [4.69, 9.17) is 0 Å². The number of aromatic nitrogens is 2. The van der Waals surface area contributed by atoms with Gasteiger partial charge >= 0.3 is 6.03 Å². The molecule has 0 aliphatic carbocycles. The van der Waals surface area contributed by atoms with E-state index >= 15 is 0 Å². The van der Waals surface area contributed by atoms with Gasteiger partial charge in [0.2, 0.25) is 5.95 Å². The minimum Gasteiger partial charge on any atom is -0.357 e. The maximum Gasteiger partial charge on any atom is 0.319 e. The zero-order valence-electron chi connectivity index (χ0n) is 19.7. The second kappa shape index (κ2) is 8.80. The monoisotopic (exact) mass is 451 g/mol. The lowest BCUT2D eigenvalue weighted by Gasteiger charge is -2.28. The van der Waals surface area contributed by atoms with Crippen molar-refractivity contribution in [3.05, 3.63) is 40.8 Å². The molecule has 0 bridgehead atoms. The van der Waals surface area contributed by atoms with Gasteiger partial charge in [-0.3, -0.25) is 4.99 Å². The van der Waals surface area contributed by atoms with Gasteiger partial charge in [0.05, 0.1) is 12.2 Å². The molecule has 33 heavy (non-hydrogen) atoms. The van der Waals surface area contributed by atoms with Gasteiger partial charge in [-0.05, 0) is 48.1 Å². The van der Waals surface area contributed by atoms with Gasteiger partial charge in [-0.2, -0.15) is 4.98 Å². The molecule has 2 aromatic rings. The SMILES string of the molecule is CNc1ncc2c(n1)N1CCN=C1C(c1cc(NC(=O)NCCC(C)(C)C)c(F)cc1C)=C2. The number of aryl methyl sites for hydroxylation is 1. The van der Waals surface area contributed by atoms with Gasteiger partial charge in [-0.25, -0.2) is 14.2 Å². The van der Waals surface area contributed by atoms with E-state index in [9.17, 15) is 9.18 Å². The Morgan fingerprint density at radius 2 is 2.06 bits per heavy atom. The number of amides is 2. The first-order chi connectivity index (χ1) is 15.7. The molecule has 2 aliphatic heterocycles. The van der Waals surface area contributed by atoms with E-state index in [2.05, 4.69) is 56.6 Å². The molecule has 3 heterocycles. The molecular formula is C24H30FN7O. The number of hydrogen-bond acceptors (Lipinski definition) is 6. The van der Waals surface area contributed by atoms with Crippen LogP contribution in [0.2, 0.25) is 0 Å². The summed E-state index contributed by atoms with van der Waals surface area (Å²) in [5.74, 6) is 1.65. The van der Waals surface area contributed by atoms with Crippen LogP contribution in [-0.2, 0) is 0 Å². The summed E-state index contributed by atoms with van der Waals surface area (Å²) < 4.78 is 14.7. The maximum atomic E-state index is 14.7. The van der Waals surface area contributed by atoms with Gasteiger partial charge in [0.25, 0.3) is 0 Å². The number of anilines is 3. The zero-order chi connectivity index (χ0) is 23.8. The number of amidine groups is 1. The van der Waals surface area contributed by atoms with Crippen molar-refractivity contribution in [2.24, 2.45) is 10.4 Å². The molecule has 2 amide bonds. The second-order valence-electron chi connectivity index (χ2n) is 9.48. The molecule has 1 aromatic heterocycles. The van der Waals surface area contributed by atoms with Crippen LogP contribution in [0.5, 0.6) is 0 Å². The highest BCUT2D eigenvalue weighted by atomic mass is 19.1. The first kappa shape index (κ1) is 22.7. The van der Waals surface area contributed by atoms with E-state index in [-0.39, 0.29) is 11.1 Å². The summed E-state index contributed by atoms with van der Waals surface area (Å²) in [7, 11) is 1.78. The summed E-state index contributed by atoms with van der Waals surface area (Å²) in [4.78, 5) is 28.0. The number of halogens is 1. The van der Waals surface area contributed by atoms with Crippen LogP contribution in [0.15, 0.2) is 23.3 Å². The molecule has 0 saturated carbocycles. The Labute approximate surface area is 193 Å². The molecule has 0 fully saturated rings. The number of fused-ring (bicyclic) bond motifs is 3. The van der Waals surface area contributed by atoms with Crippen LogP contribution in [-0.4, -0.2) is 48.5 Å². The summed E-state index contributed by atoms with van der Waals surface area (Å²) in [6.45, 7) is 10.0. The molecule has 9 heteroatoms. The Hall–Kier alpha value is -3.49. The number of hydrogen-bond donors (Lipinski definition) is 3. The number of benzene rings is 1. The van der Waals surface area contributed by atoms with Gasteiger partial charge in [0, 0.05) is 37.5 Å². The van der Waals surface area contributed by atoms with Gasteiger partial charge in [-0.15, -0.1) is 0 Å². The lowest BCUT2D eigenvalue weighted by atomic mass is 9.92. The lowest BCUT2D eigenvalue weighted by molar-refractivity contribution is 0.250. The average molecular weight is 452 g/mol. The Morgan fingerprint density at radius 1 is 1.27 bits per heavy atom. The highest BCUT2D eigenvalue weighted by molar-refractivity contribution is 6.36. The van der Waals surface area contributed by atoms with Crippen molar-refractivity contribution in [2.45, 2.75) is 34.1 Å². The molecule has 0 unspecified atom stereocenters. The third-order valence-corrected chi connectivity index (χ3v) is 5.67. The molecule has 0 radical (unpaired) electrons. The molecule has 4 rings (SSSR count). The Bertz CT molecular complexity index is 1150. The Morgan fingerprint density at radius 3 is 2.79 bits per heavy atom. The van der Waals surface area contributed by atoms with E-state index in [1.54, 1.807) is 19.3 Å². The number of nitrogens with zero attached hydrogens (tertiary/aromatic N) is 4. The maximum absolute atomic E-state index is 14.7. The predicted octanol–water partition coefficient (Wildman–Crippen LogP) is 4.30. The van der Waals surface area contributed by atoms with E-state index in [0.717, 1.165) is 40.3 Å². The molecule has 8 nitrogen and oxygen atoms in total. The van der Waals surface area contributed by atoms with E-state index in [1.165, 1.54) is 6.07 Å². The van der Waals surface area contributed by atoms with Crippen LogP contribution in [0.1, 0.15) is 43.9 Å². The van der Waals surface area contributed by atoms with E-state index in [0.29, 0.717) is 25.6 Å². The smallest absolute Gasteiger partial charge is 0.319 e. The van der Waals surface area contributed by atoms with Gasteiger partial charge < -0.3 is 20.9 Å². The normalized spacial score (nSPS) is 14.8. The van der Waals surface area contributed by atoms with E-state index < -0.39 is 11.8 Å². The summed E-state index contributed by atoms with van der Waals surface area (Å²) in [6, 6.07) is 2.69. The van der Waals surface area contributed by atoms with Crippen LogP contribution in [0, 0.1) is 18.2 Å². The highest BCUT2D eigenvalue weighted by Gasteiger charge is 2.31. The summed E-state index contributed by atoms with van der Waals surface area (Å²) >= 11 is 0. The predicted molar refractivity (Wildman–Crippen MR) is 131 cm³/mol. The van der Waals surface area contributed by atoms with Gasteiger partial charge in [0.15, 0.2) is 0 Å². The van der Waals surface area contributed by atoms with Crippen LogP contribution in [0.3, 0.4) is 0 Å². The van der Waals surface area contributed by atoms with Gasteiger partial charge in [-0.1, -0.05) is 20.8 Å². The zero-order valence-corrected chi connectivity index (χ0v) is 19.7. The molecular weight excluding hydrogens is 421 g/mol. The molecule has 2 aliphatic rings. The van der Waals surface area contributed by atoms with Gasteiger partial charge in [0.1, 0.15) is 17.5 Å². The Kier molecular flexibility index (Phi) is 6.05. The number of carbonyl (C=O) groups is 1. The number of aliphatic imine (C=N–C) groups is 1. The van der Waals surface area contributed by atoms with Crippen LogP contribution < -0.4 is 20.9 Å². The topological polar surface area (TPSA) is 94.5 Å². The third kappa shape index (κ3) is 4.81. The van der Waals surface area contributed by atoms with Crippen molar-refractivity contribution in [3.63, 3.8) is 0 Å². The molecule has 3 N–H and O–H groups in total. The Balaban J connectivity index is 1.65. The van der Waals surface area contributed by atoms with Crippen molar-refractivity contribution in [1.29, 1.82) is 0 Å². The fraction of sp³-hybridized carbons (Fsp3) is 0.417. The molecule has 0 atom stereocenters. The van der Waals surface area contributed by atoms with Crippen LogP contribution >= 0.6 is 0 Å². The fourth-order valence-corrected chi connectivity index (χ4v) is 3.90. The van der Waals surface area contributed by atoms with Crippen molar-refractivity contribution >= 4 is 41.0 Å². The van der Waals surface area contributed by atoms with Crippen molar-refractivity contribution in [2.75, 3.05) is 42.2 Å². The number of nitrogens with one attached hydrogen (secondary N) is 3. The summed E-state index contributed by atoms with van der Waals surface area (Å²) in [5, 5.41) is 8.43. The van der Waals surface area contributed by atoms with Crippen LogP contribution in [0.25, 0.3) is 11.6 Å². The minimum absolute atomic E-state index is 0.102. The second-order valence-corrected chi connectivity index (χ2v) is 9.48. The van der Waals surface area contributed by atoms with Crippen molar-refractivity contribution in [1.82, 2.24) is 15.3 Å². The standard InChI is InChI=1S/C24H30FN7O/c1-14-10-18(25)19(30-23(33)28-7-6-24(2,3)4)12-16(14)17-11-15-13-29-22(26-5)31-20(15)32-9-8-27-21(17)32/h10-13H,6-9H2,1-5H3,(H,26,29,31)(H2,28,30,33). The summed E-state index contributed by atoms with van der Waals surface area (Å²) in [5.41, 5.74) is 3.50. The summed E-state index contributed by atoms with van der Waals surface area (Å²) in [6.07, 6.45) is 4.56. The number of carbonyl (C=O) groups excluding carboxylic acids is 1. The van der Waals surface area contributed by atoms with E-state index in [1.807, 2.05) is 13.0 Å². The lowest BCUT2D eigenvalue weighted by Crippen LogP contribution is -2.33. The molecule has 1 aromatic carbocycles. The first-order valence-electron chi connectivity index (χ1n) is 11.1. The van der Waals surface area contributed by atoms with Crippen LogP contribution in [0.4, 0.5) is 26.6 Å². The number of urea groups is 1.